The summed E-state index contributed by atoms with van der Waals surface area (Å²) < 4.78 is 16.8. The average molecular weight is 422 g/mol. The van der Waals surface area contributed by atoms with E-state index in [0.29, 0.717) is 5.57 Å². The number of hydrogen-bond acceptors (Lipinski definition) is 8. The topological polar surface area (TPSA) is 119 Å². The van der Waals surface area contributed by atoms with E-state index in [-0.39, 0.29) is 6.42 Å². The first-order chi connectivity index (χ1) is 13.7. The number of fused-ring (bicyclic) bond motifs is 3. The van der Waals surface area contributed by atoms with E-state index in [0.717, 1.165) is 0 Å². The van der Waals surface area contributed by atoms with E-state index >= 15 is 0 Å². The van der Waals surface area contributed by atoms with Crippen LogP contribution in [0.5, 0.6) is 0 Å². The third-order valence-electron chi connectivity index (χ3n) is 6.80. The van der Waals surface area contributed by atoms with Crippen molar-refractivity contribution in [2.24, 2.45) is 17.8 Å². The molecule has 8 nitrogen and oxygen atoms in total. The fourth-order valence-corrected chi connectivity index (χ4v) is 5.19. The summed E-state index contributed by atoms with van der Waals surface area (Å²) >= 11 is 0. The zero-order chi connectivity index (χ0) is 22.6. The van der Waals surface area contributed by atoms with Crippen molar-refractivity contribution < 1.29 is 38.8 Å². The van der Waals surface area contributed by atoms with E-state index in [1.165, 1.54) is 13.8 Å². The van der Waals surface area contributed by atoms with E-state index < -0.39 is 64.7 Å². The Hall–Kier alpha value is -2.19. The highest BCUT2D eigenvalue weighted by molar-refractivity contribution is 5.88. The lowest BCUT2D eigenvalue weighted by Crippen LogP contribution is -2.52. The molecule has 0 aromatic rings. The van der Waals surface area contributed by atoms with E-state index in [2.05, 4.69) is 0 Å². The Morgan fingerprint density at radius 1 is 1.20 bits per heavy atom. The largest absolute Gasteiger partial charge is 0.458 e. The maximum atomic E-state index is 12.9. The first kappa shape index (κ1) is 22.5. The number of esters is 3. The Morgan fingerprint density at radius 2 is 1.83 bits per heavy atom. The third-order valence-corrected chi connectivity index (χ3v) is 6.80. The van der Waals surface area contributed by atoms with Crippen molar-refractivity contribution in [3.8, 4) is 0 Å². The SMILES string of the molecule is CC=C(C)C(=O)OC1CC(C)(O)C2C=CC(C)(O)C2C2OC(=O)C(C)(OC(C)=O)C12. The first-order valence-electron chi connectivity index (χ1n) is 10.1. The number of rotatable bonds is 3. The molecule has 8 heteroatoms. The molecule has 8 unspecified atom stereocenters. The van der Waals surface area contributed by atoms with Crippen LogP contribution in [0, 0.1) is 17.8 Å². The lowest BCUT2D eigenvalue weighted by atomic mass is 9.72. The summed E-state index contributed by atoms with van der Waals surface area (Å²) in [4.78, 5) is 37.3. The van der Waals surface area contributed by atoms with Crippen LogP contribution in [-0.2, 0) is 28.6 Å². The Kier molecular flexibility index (Phi) is 5.40. The predicted molar refractivity (Wildman–Crippen MR) is 105 cm³/mol. The van der Waals surface area contributed by atoms with Gasteiger partial charge in [0, 0.05) is 30.8 Å². The van der Waals surface area contributed by atoms with Gasteiger partial charge in [0.2, 0.25) is 5.60 Å². The van der Waals surface area contributed by atoms with E-state index in [9.17, 15) is 24.6 Å². The van der Waals surface area contributed by atoms with Gasteiger partial charge in [-0.15, -0.1) is 0 Å². The van der Waals surface area contributed by atoms with Crippen LogP contribution in [0.2, 0.25) is 0 Å². The summed E-state index contributed by atoms with van der Waals surface area (Å²) in [5.41, 5.74) is -4.11. The minimum absolute atomic E-state index is 0.0218. The molecule has 3 aliphatic rings. The third kappa shape index (κ3) is 3.46. The molecule has 30 heavy (non-hydrogen) atoms. The number of aliphatic hydroxyl groups is 2. The second-order valence-corrected chi connectivity index (χ2v) is 9.21. The van der Waals surface area contributed by atoms with Crippen LogP contribution in [0.3, 0.4) is 0 Å². The Balaban J connectivity index is 2.14. The molecule has 1 saturated carbocycles. The van der Waals surface area contributed by atoms with Crippen molar-refractivity contribution in [2.45, 2.75) is 77.0 Å². The van der Waals surface area contributed by atoms with Gasteiger partial charge in [-0.2, -0.15) is 0 Å². The second kappa shape index (κ2) is 7.20. The molecule has 1 saturated heterocycles. The van der Waals surface area contributed by atoms with Crippen molar-refractivity contribution in [2.75, 3.05) is 0 Å². The van der Waals surface area contributed by atoms with Crippen LogP contribution >= 0.6 is 0 Å². The summed E-state index contributed by atoms with van der Waals surface area (Å²) in [6, 6.07) is 0. The van der Waals surface area contributed by atoms with E-state index in [1.54, 1.807) is 45.9 Å². The van der Waals surface area contributed by atoms with Gasteiger partial charge >= 0.3 is 17.9 Å². The molecule has 0 radical (unpaired) electrons. The van der Waals surface area contributed by atoms with Gasteiger partial charge in [-0.05, 0) is 34.6 Å². The summed E-state index contributed by atoms with van der Waals surface area (Å²) in [6.45, 7) is 9.08. The quantitative estimate of drug-likeness (QED) is 0.303. The van der Waals surface area contributed by atoms with Gasteiger partial charge in [-0.25, -0.2) is 9.59 Å². The van der Waals surface area contributed by atoms with Crippen LogP contribution in [0.1, 0.15) is 48.0 Å². The van der Waals surface area contributed by atoms with Gasteiger partial charge in [-0.1, -0.05) is 18.2 Å². The predicted octanol–water partition coefficient (Wildman–Crippen LogP) is 1.44. The van der Waals surface area contributed by atoms with Gasteiger partial charge < -0.3 is 24.4 Å². The lowest BCUT2D eigenvalue weighted by molar-refractivity contribution is -0.178. The average Bonchev–Trinajstić information content (AvgIpc) is 3.02. The molecule has 2 aliphatic carbocycles. The van der Waals surface area contributed by atoms with Gasteiger partial charge in [0.1, 0.15) is 12.2 Å². The number of hydrogen-bond donors (Lipinski definition) is 2. The van der Waals surface area contributed by atoms with Gasteiger partial charge in [-0.3, -0.25) is 4.79 Å². The van der Waals surface area contributed by atoms with E-state index in [4.69, 9.17) is 14.2 Å². The van der Waals surface area contributed by atoms with Crippen molar-refractivity contribution in [3.05, 3.63) is 23.8 Å². The summed E-state index contributed by atoms with van der Waals surface area (Å²) in [6.07, 6.45) is 2.94. The van der Waals surface area contributed by atoms with Crippen LogP contribution in [0.25, 0.3) is 0 Å². The zero-order valence-corrected chi connectivity index (χ0v) is 18.2. The van der Waals surface area contributed by atoms with Gasteiger partial charge in [0.25, 0.3) is 0 Å². The molecule has 166 valence electrons. The van der Waals surface area contributed by atoms with Crippen molar-refractivity contribution in [3.63, 3.8) is 0 Å². The Bertz CT molecular complexity index is 823. The molecule has 8 atom stereocenters. The van der Waals surface area contributed by atoms with Crippen LogP contribution < -0.4 is 0 Å². The minimum Gasteiger partial charge on any atom is -0.458 e. The molecule has 0 bridgehead atoms. The highest BCUT2D eigenvalue weighted by Crippen LogP contribution is 2.55. The van der Waals surface area contributed by atoms with Crippen LogP contribution in [0.4, 0.5) is 0 Å². The number of carbonyl (C=O) groups is 3. The molecule has 0 spiro atoms. The number of carbonyl (C=O) groups excluding carboxylic acids is 3. The van der Waals surface area contributed by atoms with E-state index in [1.807, 2.05) is 0 Å². The highest BCUT2D eigenvalue weighted by Gasteiger charge is 2.69. The highest BCUT2D eigenvalue weighted by atomic mass is 16.6. The number of ether oxygens (including phenoxy) is 3. The molecule has 1 aliphatic heterocycles. The normalized spacial score (nSPS) is 45.3. The molecule has 0 aromatic heterocycles. The zero-order valence-electron chi connectivity index (χ0n) is 18.2. The maximum Gasteiger partial charge on any atom is 0.351 e. The Morgan fingerprint density at radius 3 is 2.40 bits per heavy atom. The van der Waals surface area contributed by atoms with Crippen LogP contribution in [-0.4, -0.2) is 57.1 Å². The summed E-state index contributed by atoms with van der Waals surface area (Å²) in [5.74, 6) is -4.22. The molecular weight excluding hydrogens is 392 g/mol. The minimum atomic E-state index is -1.73. The van der Waals surface area contributed by atoms with Gasteiger partial charge in [0.15, 0.2) is 0 Å². The van der Waals surface area contributed by atoms with Crippen LogP contribution in [0.15, 0.2) is 23.8 Å². The molecule has 2 N–H and O–H groups in total. The summed E-state index contributed by atoms with van der Waals surface area (Å²) in [5, 5.41) is 22.3. The second-order valence-electron chi connectivity index (χ2n) is 9.21. The molecule has 0 amide bonds. The van der Waals surface area contributed by atoms with Crippen molar-refractivity contribution in [1.29, 1.82) is 0 Å². The smallest absolute Gasteiger partial charge is 0.351 e. The molecule has 2 fully saturated rings. The summed E-state index contributed by atoms with van der Waals surface area (Å²) in [7, 11) is 0. The van der Waals surface area contributed by atoms with Gasteiger partial charge in [0.05, 0.1) is 17.1 Å². The van der Waals surface area contributed by atoms with Crippen molar-refractivity contribution >= 4 is 17.9 Å². The number of allylic oxidation sites excluding steroid dienone is 1. The molecule has 0 aromatic carbocycles. The standard InChI is InChI=1S/C22H30O8/c1-7-11(2)18(24)28-14-10-21(5,27)13-8-9-20(4,26)15(13)17-16(14)22(6,19(25)29-17)30-12(3)23/h7-9,13-17,26-27H,10H2,1-6H3. The molecule has 3 rings (SSSR count). The molecular formula is C22H30O8. The maximum absolute atomic E-state index is 12.9. The Labute approximate surface area is 175 Å². The molecule has 1 heterocycles. The monoisotopic (exact) mass is 422 g/mol. The lowest BCUT2D eigenvalue weighted by Gasteiger charge is -2.38. The fourth-order valence-electron chi connectivity index (χ4n) is 5.19. The first-order valence-corrected chi connectivity index (χ1v) is 10.1. The fraction of sp³-hybridized carbons (Fsp3) is 0.682. The van der Waals surface area contributed by atoms with Crippen molar-refractivity contribution in [1.82, 2.24) is 0 Å².